The van der Waals surface area contributed by atoms with Crippen molar-refractivity contribution in [1.29, 1.82) is 0 Å². The van der Waals surface area contributed by atoms with E-state index in [1.807, 2.05) is 0 Å². The smallest absolute Gasteiger partial charge is 0.241 e. The highest BCUT2D eigenvalue weighted by Crippen LogP contribution is 2.29. The Balaban J connectivity index is 4.06. The largest absolute Gasteiger partial charge is 0.278 e. The highest BCUT2D eigenvalue weighted by atomic mass is 19.3. The van der Waals surface area contributed by atoms with E-state index in [2.05, 4.69) is 6.92 Å². The van der Waals surface area contributed by atoms with E-state index in [1.165, 1.54) is 0 Å². The lowest BCUT2D eigenvalue weighted by Crippen LogP contribution is -2.33. The molecule has 0 rings (SSSR count). The fourth-order valence-corrected chi connectivity index (χ4v) is 0.630. The second-order valence-corrected chi connectivity index (χ2v) is 2.56. The number of rotatable bonds is 5. The summed E-state index contributed by atoms with van der Waals surface area (Å²) in [6, 6.07) is 0. The average molecular weight is 207 g/mol. The second kappa shape index (κ2) is 4.72. The van der Waals surface area contributed by atoms with E-state index in [9.17, 15) is 26.3 Å². The van der Waals surface area contributed by atoms with Crippen molar-refractivity contribution in [2.75, 3.05) is 0 Å². The van der Waals surface area contributed by atoms with E-state index >= 15 is 0 Å². The molecule has 1 radical (unpaired) electrons. The van der Waals surface area contributed by atoms with E-state index in [1.54, 1.807) is 0 Å². The minimum absolute atomic E-state index is 1.08. The van der Waals surface area contributed by atoms with E-state index in [4.69, 9.17) is 0 Å². The van der Waals surface area contributed by atoms with Gasteiger partial charge in [0.15, 0.2) is 12.3 Å². The third kappa shape index (κ3) is 3.87. The predicted octanol–water partition coefficient (Wildman–Crippen LogP) is 3.18. The van der Waals surface area contributed by atoms with Crippen molar-refractivity contribution in [3.05, 3.63) is 6.92 Å². The maximum atomic E-state index is 12.4. The summed E-state index contributed by atoms with van der Waals surface area (Å²) in [6.45, 7) is 2.73. The van der Waals surface area contributed by atoms with Gasteiger partial charge in [-0.05, 0) is 6.92 Å². The minimum atomic E-state index is -3.83. The molecule has 6 heteroatoms. The first-order chi connectivity index (χ1) is 5.81. The molecule has 0 saturated carbocycles. The zero-order valence-electron chi connectivity index (χ0n) is 6.62. The highest BCUT2D eigenvalue weighted by Gasteiger charge is 2.41. The Morgan fingerprint density at radius 2 is 1.54 bits per heavy atom. The van der Waals surface area contributed by atoms with Crippen molar-refractivity contribution < 1.29 is 26.3 Å². The van der Waals surface area contributed by atoms with E-state index in [0.29, 0.717) is 0 Å². The summed E-state index contributed by atoms with van der Waals surface area (Å²) in [5.74, 6) is -3.83. The Hall–Kier alpha value is -0.420. The zero-order chi connectivity index (χ0) is 10.6. The van der Waals surface area contributed by atoms with Gasteiger partial charge in [0.2, 0.25) is 0 Å². The SMILES string of the molecule is [CH2]CC(F)(F)[C@@H](F)CC(F)C(F)F. The van der Waals surface area contributed by atoms with Crippen LogP contribution in [0.2, 0.25) is 0 Å². The fourth-order valence-electron chi connectivity index (χ4n) is 0.630. The molecule has 0 amide bonds. The van der Waals surface area contributed by atoms with Crippen LogP contribution in [0.4, 0.5) is 26.3 Å². The number of hydrogen-bond donors (Lipinski definition) is 0. The van der Waals surface area contributed by atoms with Gasteiger partial charge in [-0.3, -0.25) is 0 Å². The molecule has 0 nitrogen and oxygen atoms in total. The third-order valence-corrected chi connectivity index (χ3v) is 1.50. The fraction of sp³-hybridized carbons (Fsp3) is 0.857. The molecule has 0 fully saturated rings. The molecule has 1 unspecified atom stereocenters. The van der Waals surface area contributed by atoms with Gasteiger partial charge in [-0.15, -0.1) is 0 Å². The number of alkyl halides is 6. The molecule has 0 spiro atoms. The second-order valence-electron chi connectivity index (χ2n) is 2.56. The van der Waals surface area contributed by atoms with Crippen LogP contribution in [-0.4, -0.2) is 24.7 Å². The molecule has 79 valence electrons. The van der Waals surface area contributed by atoms with Crippen LogP contribution in [0.1, 0.15) is 12.8 Å². The van der Waals surface area contributed by atoms with Crippen LogP contribution in [0.15, 0.2) is 0 Å². The summed E-state index contributed by atoms with van der Waals surface area (Å²) in [5, 5.41) is 0. The van der Waals surface area contributed by atoms with Crippen LogP contribution in [0, 0.1) is 6.92 Å². The Morgan fingerprint density at radius 3 is 1.85 bits per heavy atom. The number of hydrogen-bond acceptors (Lipinski definition) is 0. The Labute approximate surface area is 71.9 Å². The van der Waals surface area contributed by atoms with Crippen molar-refractivity contribution in [2.45, 2.75) is 37.5 Å². The monoisotopic (exact) mass is 207 g/mol. The van der Waals surface area contributed by atoms with Crippen molar-refractivity contribution in [3.63, 3.8) is 0 Å². The summed E-state index contributed by atoms with van der Waals surface area (Å²) < 4.78 is 72.1. The van der Waals surface area contributed by atoms with Crippen molar-refractivity contribution >= 4 is 0 Å². The quantitative estimate of drug-likeness (QED) is 0.607. The van der Waals surface area contributed by atoms with Gasteiger partial charge in [0.05, 0.1) is 0 Å². The van der Waals surface area contributed by atoms with Crippen LogP contribution < -0.4 is 0 Å². The van der Waals surface area contributed by atoms with Gasteiger partial charge < -0.3 is 0 Å². The van der Waals surface area contributed by atoms with Crippen molar-refractivity contribution in [2.24, 2.45) is 0 Å². The normalized spacial score (nSPS) is 17.5. The molecule has 0 aromatic rings. The molecule has 0 bridgehead atoms. The molecule has 0 heterocycles. The highest BCUT2D eigenvalue weighted by molar-refractivity contribution is 4.80. The predicted molar refractivity (Wildman–Crippen MR) is 35.3 cm³/mol. The van der Waals surface area contributed by atoms with Gasteiger partial charge in [-0.2, -0.15) is 0 Å². The van der Waals surface area contributed by atoms with E-state index in [-0.39, 0.29) is 0 Å². The first-order valence-corrected chi connectivity index (χ1v) is 3.54. The summed E-state index contributed by atoms with van der Waals surface area (Å²) in [7, 11) is 0. The van der Waals surface area contributed by atoms with Crippen LogP contribution in [0.25, 0.3) is 0 Å². The van der Waals surface area contributed by atoms with E-state index in [0.717, 1.165) is 0 Å². The molecule has 0 aliphatic heterocycles. The van der Waals surface area contributed by atoms with Crippen LogP contribution in [0.5, 0.6) is 0 Å². The third-order valence-electron chi connectivity index (χ3n) is 1.50. The molecule has 0 saturated heterocycles. The van der Waals surface area contributed by atoms with Gasteiger partial charge in [0, 0.05) is 12.8 Å². The summed E-state index contributed by atoms with van der Waals surface area (Å²) in [5.41, 5.74) is 0. The molecule has 0 aliphatic carbocycles. The Morgan fingerprint density at radius 1 is 1.08 bits per heavy atom. The Kier molecular flexibility index (Phi) is 4.56. The van der Waals surface area contributed by atoms with Gasteiger partial charge in [0.25, 0.3) is 12.3 Å². The van der Waals surface area contributed by atoms with Crippen LogP contribution in [0.3, 0.4) is 0 Å². The minimum Gasteiger partial charge on any atom is -0.241 e. The molecule has 0 N–H and O–H groups in total. The summed E-state index contributed by atoms with van der Waals surface area (Å²) in [6.07, 6.45) is -11.8. The molecular formula is C7H9F6. The zero-order valence-corrected chi connectivity index (χ0v) is 6.62. The van der Waals surface area contributed by atoms with Crippen LogP contribution in [-0.2, 0) is 0 Å². The molecule has 0 aromatic carbocycles. The van der Waals surface area contributed by atoms with Gasteiger partial charge in [-0.25, -0.2) is 26.3 Å². The first-order valence-electron chi connectivity index (χ1n) is 3.54. The lowest BCUT2D eigenvalue weighted by molar-refractivity contribution is -0.0888. The van der Waals surface area contributed by atoms with Crippen molar-refractivity contribution in [1.82, 2.24) is 0 Å². The van der Waals surface area contributed by atoms with Crippen LogP contribution >= 0.6 is 0 Å². The number of halogens is 6. The van der Waals surface area contributed by atoms with Gasteiger partial charge in [0.1, 0.15) is 0 Å². The van der Waals surface area contributed by atoms with Gasteiger partial charge in [-0.1, -0.05) is 0 Å². The molecular weight excluding hydrogens is 198 g/mol. The topological polar surface area (TPSA) is 0 Å². The molecule has 0 aliphatic rings. The maximum Gasteiger partial charge on any atom is 0.278 e. The molecule has 2 atom stereocenters. The summed E-state index contributed by atoms with van der Waals surface area (Å²) in [4.78, 5) is 0. The maximum absolute atomic E-state index is 12.4. The average Bonchev–Trinajstić information content (AvgIpc) is 2.04. The standard InChI is InChI=1S/C7H9F6/c1-2-7(12,13)5(9)3-4(8)6(10)11/h4-6H,1-3H2/t4?,5-/m0/s1. The van der Waals surface area contributed by atoms with Gasteiger partial charge >= 0.3 is 0 Å². The lowest BCUT2D eigenvalue weighted by Gasteiger charge is -2.19. The van der Waals surface area contributed by atoms with Crippen molar-refractivity contribution in [3.8, 4) is 0 Å². The first kappa shape index (κ1) is 12.6. The molecule has 0 aromatic heterocycles. The van der Waals surface area contributed by atoms with E-state index < -0.39 is 37.5 Å². The lowest BCUT2D eigenvalue weighted by atomic mass is 10.1. The molecule has 13 heavy (non-hydrogen) atoms. The Bertz CT molecular complexity index is 146. The summed E-state index contributed by atoms with van der Waals surface area (Å²) >= 11 is 0.